The summed E-state index contributed by atoms with van der Waals surface area (Å²) in [5, 5.41) is 12.0. The Morgan fingerprint density at radius 1 is 0.976 bits per heavy atom. The molecule has 230 valence electrons. The number of anilines is 1. The largest absolute Gasteiger partial charge is 0.495 e. The highest BCUT2D eigenvalue weighted by atomic mass is 16.6. The lowest BCUT2D eigenvalue weighted by molar-refractivity contribution is -0.120. The van der Waals surface area contributed by atoms with Gasteiger partial charge in [0.2, 0.25) is 11.7 Å². The number of carbonyl (C=O) groups is 2. The molecule has 0 aromatic heterocycles. The van der Waals surface area contributed by atoms with E-state index in [1.165, 1.54) is 21.3 Å². The molecular weight excluding hydrogens is 542 g/mol. The van der Waals surface area contributed by atoms with Crippen LogP contribution >= 0.6 is 0 Å². The number of nitrogen functional groups attached to an aromatic ring is 1. The monoisotopic (exact) mass is 585 g/mol. The molecular formula is C30H43N5O7. The van der Waals surface area contributed by atoms with Gasteiger partial charge in [-0.2, -0.15) is 5.26 Å². The van der Waals surface area contributed by atoms with Gasteiger partial charge in [0.25, 0.3) is 0 Å². The van der Waals surface area contributed by atoms with Crippen LogP contribution < -0.4 is 41.5 Å². The summed E-state index contributed by atoms with van der Waals surface area (Å²) in [5.41, 5.74) is 18.2. The second kappa shape index (κ2) is 17.2. The summed E-state index contributed by atoms with van der Waals surface area (Å²) in [5.74, 6) is 1.45. The van der Waals surface area contributed by atoms with E-state index in [9.17, 15) is 14.9 Å². The molecule has 2 amide bonds. The summed E-state index contributed by atoms with van der Waals surface area (Å²) < 4.78 is 26.2. The quantitative estimate of drug-likeness (QED) is 0.123. The van der Waals surface area contributed by atoms with Gasteiger partial charge in [-0.15, -0.1) is 0 Å². The molecule has 0 spiro atoms. The zero-order chi connectivity index (χ0) is 31.9. The standard InChI is InChI=1S/C19H20N2O4.C11H23N3O3/c1-22-16-6-5-12(8-15(16)21)7-14(11-20)13-9-17(23-2)19(25-4)18(10-13)24-3;1-11(2,3)17-10(16)14-8(9(13)15)6-4-5-7-12/h5-10H,21H2,1-4H3;8H,4-7,12H2,1-3H3,(H2,13,15)(H,14,16)/t;8-/m.0/s1. The third-order valence-corrected chi connectivity index (χ3v) is 5.64. The fourth-order valence-corrected chi connectivity index (χ4v) is 3.65. The second-order valence-electron chi connectivity index (χ2n) is 9.97. The Morgan fingerprint density at radius 2 is 1.57 bits per heavy atom. The van der Waals surface area contributed by atoms with Gasteiger partial charge in [-0.3, -0.25) is 4.79 Å². The number of carbonyl (C=O) groups excluding carboxylic acids is 2. The molecule has 0 saturated heterocycles. The lowest BCUT2D eigenvalue weighted by Gasteiger charge is -2.22. The zero-order valence-electron chi connectivity index (χ0n) is 25.4. The van der Waals surface area contributed by atoms with Crippen LogP contribution in [0.25, 0.3) is 11.6 Å². The van der Waals surface area contributed by atoms with Crippen LogP contribution in [-0.4, -0.2) is 58.6 Å². The minimum absolute atomic E-state index is 0.434. The smallest absolute Gasteiger partial charge is 0.408 e. The maximum atomic E-state index is 11.4. The average molecular weight is 586 g/mol. The Kier molecular flexibility index (Phi) is 14.5. The topological polar surface area (TPSA) is 194 Å². The zero-order valence-corrected chi connectivity index (χ0v) is 25.4. The molecule has 7 N–H and O–H groups in total. The maximum Gasteiger partial charge on any atom is 0.408 e. The second-order valence-corrected chi connectivity index (χ2v) is 9.97. The third-order valence-electron chi connectivity index (χ3n) is 5.64. The molecule has 0 saturated carbocycles. The van der Waals surface area contributed by atoms with E-state index in [0.717, 1.165) is 18.4 Å². The van der Waals surface area contributed by atoms with Crippen LogP contribution in [-0.2, 0) is 9.53 Å². The first-order valence-electron chi connectivity index (χ1n) is 13.2. The number of unbranched alkanes of at least 4 members (excludes halogenated alkanes) is 1. The highest BCUT2D eigenvalue weighted by Gasteiger charge is 2.22. The molecule has 2 aromatic rings. The number of methoxy groups -OCH3 is 4. The van der Waals surface area contributed by atoms with Crippen molar-refractivity contribution < 1.29 is 33.3 Å². The molecule has 0 bridgehead atoms. The van der Waals surface area contributed by atoms with Gasteiger partial charge in [0.15, 0.2) is 11.5 Å². The van der Waals surface area contributed by atoms with Gasteiger partial charge in [0.05, 0.1) is 45.8 Å². The Balaban J connectivity index is 0.000000456. The number of amides is 2. The van der Waals surface area contributed by atoms with Gasteiger partial charge in [0, 0.05) is 0 Å². The first-order chi connectivity index (χ1) is 19.8. The molecule has 0 radical (unpaired) electrons. The first-order valence-corrected chi connectivity index (χ1v) is 13.2. The van der Waals surface area contributed by atoms with Crippen LogP contribution in [0, 0.1) is 11.3 Å². The molecule has 0 unspecified atom stereocenters. The minimum atomic E-state index is -0.698. The Hall–Kier alpha value is -4.63. The molecule has 2 rings (SSSR count). The molecule has 0 aliphatic heterocycles. The minimum Gasteiger partial charge on any atom is -0.495 e. The van der Waals surface area contributed by atoms with E-state index in [2.05, 4.69) is 11.4 Å². The number of primary amides is 1. The van der Waals surface area contributed by atoms with Crippen LogP contribution in [0.1, 0.15) is 51.2 Å². The van der Waals surface area contributed by atoms with Crippen LogP contribution in [0.3, 0.4) is 0 Å². The lowest BCUT2D eigenvalue weighted by Crippen LogP contribution is -2.46. The van der Waals surface area contributed by atoms with Crippen molar-refractivity contribution in [3.63, 3.8) is 0 Å². The van der Waals surface area contributed by atoms with Crippen molar-refractivity contribution in [3.05, 3.63) is 41.5 Å². The number of hydrogen-bond acceptors (Lipinski definition) is 10. The van der Waals surface area contributed by atoms with Crippen molar-refractivity contribution in [1.82, 2.24) is 5.32 Å². The van der Waals surface area contributed by atoms with Crippen molar-refractivity contribution in [2.75, 3.05) is 40.7 Å². The van der Waals surface area contributed by atoms with Crippen LogP contribution in [0.5, 0.6) is 23.0 Å². The number of nitrogens with two attached hydrogens (primary N) is 3. The molecule has 0 fully saturated rings. The number of alkyl carbamates (subject to hydrolysis) is 1. The highest BCUT2D eigenvalue weighted by Crippen LogP contribution is 2.40. The van der Waals surface area contributed by atoms with E-state index in [1.807, 2.05) is 6.07 Å². The predicted octanol–water partition coefficient (Wildman–Crippen LogP) is 3.86. The van der Waals surface area contributed by atoms with Gasteiger partial charge in [0.1, 0.15) is 17.4 Å². The van der Waals surface area contributed by atoms with E-state index in [0.29, 0.717) is 52.8 Å². The number of benzene rings is 2. The van der Waals surface area contributed by atoms with Crippen molar-refractivity contribution in [2.24, 2.45) is 11.5 Å². The predicted molar refractivity (Wildman–Crippen MR) is 162 cm³/mol. The van der Waals surface area contributed by atoms with Gasteiger partial charge in [-0.05, 0) is 88.0 Å². The van der Waals surface area contributed by atoms with Crippen molar-refractivity contribution >= 4 is 29.3 Å². The molecule has 2 aromatic carbocycles. The normalized spacial score (nSPS) is 11.6. The number of allylic oxidation sites excluding steroid dienone is 1. The van der Waals surface area contributed by atoms with Gasteiger partial charge < -0.3 is 46.2 Å². The van der Waals surface area contributed by atoms with E-state index in [4.69, 9.17) is 40.9 Å². The highest BCUT2D eigenvalue weighted by molar-refractivity contribution is 5.91. The summed E-state index contributed by atoms with van der Waals surface area (Å²) in [6, 6.07) is 10.3. The number of rotatable bonds is 12. The van der Waals surface area contributed by atoms with E-state index in [-0.39, 0.29) is 0 Å². The van der Waals surface area contributed by atoms with Gasteiger partial charge in [-0.25, -0.2) is 4.79 Å². The number of nitrogens with zero attached hydrogens (tertiary/aromatic N) is 1. The van der Waals surface area contributed by atoms with E-state index >= 15 is 0 Å². The number of hydrogen-bond donors (Lipinski definition) is 4. The molecule has 0 aliphatic rings. The number of ether oxygens (including phenoxy) is 5. The van der Waals surface area contributed by atoms with Crippen LogP contribution in [0.2, 0.25) is 0 Å². The summed E-state index contributed by atoms with van der Waals surface area (Å²) in [6.07, 6.45) is 3.11. The molecule has 12 nitrogen and oxygen atoms in total. The SMILES string of the molecule is CC(C)(C)OC(=O)N[C@@H](CCCCN)C(N)=O.COc1ccc(C=C(C#N)c2cc(OC)c(OC)c(OC)c2)cc1N. The van der Waals surface area contributed by atoms with Crippen molar-refractivity contribution in [2.45, 2.75) is 51.7 Å². The van der Waals surface area contributed by atoms with Crippen LogP contribution in [0.4, 0.5) is 10.5 Å². The third kappa shape index (κ3) is 11.5. The maximum absolute atomic E-state index is 11.4. The molecule has 12 heteroatoms. The first kappa shape index (κ1) is 35.4. The Bertz CT molecular complexity index is 1240. The Morgan fingerprint density at radius 3 is 2.00 bits per heavy atom. The summed E-state index contributed by atoms with van der Waals surface area (Å²) in [6.45, 7) is 5.80. The number of nitrogens with one attached hydrogen (secondary N) is 1. The lowest BCUT2D eigenvalue weighted by atomic mass is 10.0. The number of nitriles is 1. The van der Waals surface area contributed by atoms with Crippen molar-refractivity contribution in [1.29, 1.82) is 5.26 Å². The summed E-state index contributed by atoms with van der Waals surface area (Å²) in [4.78, 5) is 22.6. The van der Waals surface area contributed by atoms with Gasteiger partial charge in [-0.1, -0.05) is 6.07 Å². The molecule has 42 heavy (non-hydrogen) atoms. The summed E-state index contributed by atoms with van der Waals surface area (Å²) in [7, 11) is 6.14. The average Bonchev–Trinajstić information content (AvgIpc) is 2.94. The molecule has 0 heterocycles. The van der Waals surface area contributed by atoms with Crippen molar-refractivity contribution in [3.8, 4) is 29.1 Å². The fourth-order valence-electron chi connectivity index (χ4n) is 3.65. The molecule has 1 atom stereocenters. The fraction of sp³-hybridized carbons (Fsp3) is 0.433. The van der Waals surface area contributed by atoms with E-state index in [1.54, 1.807) is 58.2 Å². The molecule has 0 aliphatic carbocycles. The van der Waals surface area contributed by atoms with Crippen LogP contribution in [0.15, 0.2) is 30.3 Å². The van der Waals surface area contributed by atoms with Gasteiger partial charge >= 0.3 is 6.09 Å². The summed E-state index contributed by atoms with van der Waals surface area (Å²) >= 11 is 0. The van der Waals surface area contributed by atoms with E-state index < -0.39 is 23.6 Å². The Labute approximate surface area is 247 Å².